The van der Waals surface area contributed by atoms with Gasteiger partial charge in [0.2, 0.25) is 0 Å². The van der Waals surface area contributed by atoms with Gasteiger partial charge in [-0.25, -0.2) is 4.39 Å². The minimum atomic E-state index is -0.300. The predicted octanol–water partition coefficient (Wildman–Crippen LogP) is 4.68. The Bertz CT molecular complexity index is 558. The van der Waals surface area contributed by atoms with Crippen LogP contribution in [0.3, 0.4) is 0 Å². The van der Waals surface area contributed by atoms with Gasteiger partial charge in [-0.1, -0.05) is 15.9 Å². The van der Waals surface area contributed by atoms with Gasteiger partial charge in [0.15, 0.2) is 0 Å². The molecule has 0 heterocycles. The molecule has 0 amide bonds. The summed E-state index contributed by atoms with van der Waals surface area (Å²) in [5.74, 6) is -0.300. The maximum absolute atomic E-state index is 13.1. The number of halogens is 3. The number of nitrogens with two attached hydrogens (primary N) is 1. The van der Waals surface area contributed by atoms with Gasteiger partial charge in [-0.15, -0.1) is 0 Å². The van der Waals surface area contributed by atoms with Crippen molar-refractivity contribution in [2.45, 2.75) is 0 Å². The number of hydrogen-bond acceptors (Lipinski definition) is 2. The summed E-state index contributed by atoms with van der Waals surface area (Å²) in [5.41, 5.74) is 7.82. The van der Waals surface area contributed by atoms with E-state index in [1.165, 1.54) is 12.1 Å². The van der Waals surface area contributed by atoms with E-state index < -0.39 is 0 Å². The standard InChI is InChI=1S/C12H9Br2FN2/c13-7-1-4-11(10(16)5-7)17-12-6-8(15)2-3-9(12)14/h1-6,17H,16H2. The molecule has 2 aromatic rings. The fourth-order valence-corrected chi connectivity index (χ4v) is 2.11. The molecule has 5 heteroatoms. The summed E-state index contributed by atoms with van der Waals surface area (Å²) >= 11 is 6.68. The molecule has 17 heavy (non-hydrogen) atoms. The van der Waals surface area contributed by atoms with Crippen LogP contribution in [0.25, 0.3) is 0 Å². The topological polar surface area (TPSA) is 38.0 Å². The molecule has 0 aliphatic carbocycles. The van der Waals surface area contributed by atoms with Crippen LogP contribution in [0.2, 0.25) is 0 Å². The van der Waals surface area contributed by atoms with Gasteiger partial charge >= 0.3 is 0 Å². The van der Waals surface area contributed by atoms with Crippen molar-refractivity contribution in [1.82, 2.24) is 0 Å². The second-order valence-corrected chi connectivity index (χ2v) is 5.25. The lowest BCUT2D eigenvalue weighted by atomic mass is 10.2. The SMILES string of the molecule is Nc1cc(Br)ccc1Nc1cc(F)ccc1Br. The highest BCUT2D eigenvalue weighted by molar-refractivity contribution is 9.10. The molecule has 0 aliphatic rings. The Hall–Kier alpha value is -1.07. The van der Waals surface area contributed by atoms with Crippen molar-refractivity contribution in [2.75, 3.05) is 11.1 Å². The zero-order chi connectivity index (χ0) is 12.4. The van der Waals surface area contributed by atoms with Crippen LogP contribution in [0.1, 0.15) is 0 Å². The van der Waals surface area contributed by atoms with E-state index in [4.69, 9.17) is 5.73 Å². The highest BCUT2D eigenvalue weighted by Gasteiger charge is 2.05. The Balaban J connectivity index is 2.34. The summed E-state index contributed by atoms with van der Waals surface area (Å²) in [7, 11) is 0. The third-order valence-electron chi connectivity index (χ3n) is 2.21. The van der Waals surface area contributed by atoms with Gasteiger partial charge in [0, 0.05) is 8.95 Å². The van der Waals surface area contributed by atoms with Crippen LogP contribution in [-0.2, 0) is 0 Å². The summed E-state index contributed by atoms with van der Waals surface area (Å²) in [4.78, 5) is 0. The van der Waals surface area contributed by atoms with E-state index >= 15 is 0 Å². The van der Waals surface area contributed by atoms with Crippen molar-refractivity contribution < 1.29 is 4.39 Å². The van der Waals surface area contributed by atoms with Crippen molar-refractivity contribution in [2.24, 2.45) is 0 Å². The zero-order valence-electron chi connectivity index (χ0n) is 8.68. The van der Waals surface area contributed by atoms with Crippen LogP contribution in [0.5, 0.6) is 0 Å². The number of nitrogens with one attached hydrogen (secondary N) is 1. The maximum Gasteiger partial charge on any atom is 0.125 e. The molecule has 0 saturated carbocycles. The molecular formula is C12H9Br2FN2. The number of hydrogen-bond donors (Lipinski definition) is 2. The van der Waals surface area contributed by atoms with Crippen LogP contribution in [0.4, 0.5) is 21.5 Å². The lowest BCUT2D eigenvalue weighted by Crippen LogP contribution is -1.97. The van der Waals surface area contributed by atoms with Gasteiger partial charge in [-0.2, -0.15) is 0 Å². The molecule has 0 spiro atoms. The second kappa shape index (κ2) is 5.06. The van der Waals surface area contributed by atoms with Crippen LogP contribution in [0.15, 0.2) is 45.3 Å². The molecule has 3 N–H and O–H groups in total. The van der Waals surface area contributed by atoms with Crippen LogP contribution in [-0.4, -0.2) is 0 Å². The molecule has 0 bridgehead atoms. The first-order valence-corrected chi connectivity index (χ1v) is 6.42. The average Bonchev–Trinajstić information content (AvgIpc) is 2.27. The first-order valence-electron chi connectivity index (χ1n) is 4.83. The van der Waals surface area contributed by atoms with E-state index in [2.05, 4.69) is 37.2 Å². The Morgan fingerprint density at radius 3 is 2.47 bits per heavy atom. The summed E-state index contributed by atoms with van der Waals surface area (Å²) < 4.78 is 14.8. The number of nitrogen functional groups attached to an aromatic ring is 1. The molecule has 0 unspecified atom stereocenters. The Morgan fingerprint density at radius 1 is 1.00 bits per heavy atom. The second-order valence-electron chi connectivity index (χ2n) is 3.48. The fourth-order valence-electron chi connectivity index (χ4n) is 1.39. The largest absolute Gasteiger partial charge is 0.397 e. The minimum absolute atomic E-state index is 0.300. The lowest BCUT2D eigenvalue weighted by molar-refractivity contribution is 0.628. The Morgan fingerprint density at radius 2 is 1.76 bits per heavy atom. The van der Waals surface area contributed by atoms with E-state index in [-0.39, 0.29) is 5.82 Å². The van der Waals surface area contributed by atoms with Crippen LogP contribution < -0.4 is 11.1 Å². The minimum Gasteiger partial charge on any atom is -0.397 e. The molecule has 2 rings (SSSR count). The van der Waals surface area contributed by atoms with Crippen molar-refractivity contribution in [1.29, 1.82) is 0 Å². The molecule has 0 radical (unpaired) electrons. The molecule has 0 fully saturated rings. The third-order valence-corrected chi connectivity index (χ3v) is 3.40. The highest BCUT2D eigenvalue weighted by atomic mass is 79.9. The number of anilines is 3. The average molecular weight is 360 g/mol. The summed E-state index contributed by atoms with van der Waals surface area (Å²) in [6.07, 6.45) is 0. The summed E-state index contributed by atoms with van der Waals surface area (Å²) in [6.45, 7) is 0. The maximum atomic E-state index is 13.1. The van der Waals surface area contributed by atoms with Gasteiger partial charge in [-0.3, -0.25) is 0 Å². The van der Waals surface area contributed by atoms with Gasteiger partial charge in [-0.05, 0) is 52.3 Å². The number of rotatable bonds is 2. The fraction of sp³-hybridized carbons (Fsp3) is 0. The molecule has 0 aromatic heterocycles. The monoisotopic (exact) mass is 358 g/mol. The van der Waals surface area contributed by atoms with Crippen LogP contribution in [0, 0.1) is 5.82 Å². The molecule has 0 aliphatic heterocycles. The molecular weight excluding hydrogens is 351 g/mol. The van der Waals surface area contributed by atoms with E-state index in [1.807, 2.05) is 12.1 Å². The summed E-state index contributed by atoms with van der Waals surface area (Å²) in [5, 5.41) is 3.08. The van der Waals surface area contributed by atoms with Gasteiger partial charge in [0.05, 0.1) is 17.1 Å². The summed E-state index contributed by atoms with van der Waals surface area (Å²) in [6, 6.07) is 9.93. The highest BCUT2D eigenvalue weighted by Crippen LogP contribution is 2.30. The van der Waals surface area contributed by atoms with E-state index in [9.17, 15) is 4.39 Å². The van der Waals surface area contributed by atoms with Crippen molar-refractivity contribution in [3.8, 4) is 0 Å². The van der Waals surface area contributed by atoms with Gasteiger partial charge < -0.3 is 11.1 Å². The molecule has 88 valence electrons. The molecule has 0 atom stereocenters. The van der Waals surface area contributed by atoms with Crippen molar-refractivity contribution >= 4 is 48.9 Å². The van der Waals surface area contributed by atoms with Gasteiger partial charge in [0.25, 0.3) is 0 Å². The third kappa shape index (κ3) is 2.98. The normalized spacial score (nSPS) is 10.3. The first-order chi connectivity index (χ1) is 8.06. The predicted molar refractivity (Wildman–Crippen MR) is 75.9 cm³/mol. The lowest BCUT2D eigenvalue weighted by Gasteiger charge is -2.11. The van der Waals surface area contributed by atoms with E-state index in [1.54, 1.807) is 12.1 Å². The van der Waals surface area contributed by atoms with Gasteiger partial charge in [0.1, 0.15) is 5.82 Å². The number of benzene rings is 2. The smallest absolute Gasteiger partial charge is 0.125 e. The van der Waals surface area contributed by atoms with E-state index in [0.29, 0.717) is 11.4 Å². The zero-order valence-corrected chi connectivity index (χ0v) is 11.8. The van der Waals surface area contributed by atoms with E-state index in [0.717, 1.165) is 14.6 Å². The molecule has 2 aromatic carbocycles. The molecule has 0 saturated heterocycles. The quantitative estimate of drug-likeness (QED) is 0.764. The van der Waals surface area contributed by atoms with Crippen molar-refractivity contribution in [3.05, 3.63) is 51.2 Å². The van der Waals surface area contributed by atoms with Crippen molar-refractivity contribution in [3.63, 3.8) is 0 Å². The first kappa shape index (κ1) is 12.4. The Kier molecular flexibility index (Phi) is 3.69. The Labute approximate surface area is 115 Å². The molecule has 2 nitrogen and oxygen atoms in total. The van der Waals surface area contributed by atoms with Crippen LogP contribution >= 0.6 is 31.9 Å².